The topological polar surface area (TPSA) is 53.2 Å². The third-order valence-electron chi connectivity index (χ3n) is 4.03. The molecule has 1 fully saturated rings. The van der Waals surface area contributed by atoms with Crippen LogP contribution in [0.2, 0.25) is 5.02 Å². The van der Waals surface area contributed by atoms with Crippen molar-refractivity contribution in [1.29, 1.82) is 0 Å². The van der Waals surface area contributed by atoms with E-state index in [4.69, 9.17) is 11.6 Å². The Morgan fingerprint density at radius 1 is 1.32 bits per heavy atom. The average Bonchev–Trinajstić information content (AvgIpc) is 2.95. The van der Waals surface area contributed by atoms with Gasteiger partial charge >= 0.3 is 0 Å². The molecule has 0 spiro atoms. The Kier molecular flexibility index (Phi) is 4.03. The molecule has 22 heavy (non-hydrogen) atoms. The van der Waals surface area contributed by atoms with Gasteiger partial charge in [-0.05, 0) is 25.0 Å². The predicted octanol–water partition coefficient (Wildman–Crippen LogP) is 2.97. The van der Waals surface area contributed by atoms with E-state index in [1.807, 2.05) is 24.3 Å². The second-order valence-electron chi connectivity index (χ2n) is 5.67. The van der Waals surface area contributed by atoms with E-state index in [1.54, 1.807) is 11.8 Å². The maximum absolute atomic E-state index is 12.5. The molecule has 1 atom stereocenters. The van der Waals surface area contributed by atoms with Crippen LogP contribution >= 0.6 is 11.6 Å². The van der Waals surface area contributed by atoms with Crippen LogP contribution in [0.25, 0.3) is 0 Å². The van der Waals surface area contributed by atoms with Crippen LogP contribution in [0.15, 0.2) is 41.2 Å². The molecule has 4 nitrogen and oxygen atoms in total. The van der Waals surface area contributed by atoms with Crippen LogP contribution in [0.5, 0.6) is 0 Å². The van der Waals surface area contributed by atoms with E-state index < -0.39 is 0 Å². The van der Waals surface area contributed by atoms with Crippen molar-refractivity contribution in [3.05, 3.63) is 68.6 Å². The van der Waals surface area contributed by atoms with Gasteiger partial charge in [0.15, 0.2) is 5.43 Å². The van der Waals surface area contributed by atoms with Crippen LogP contribution in [-0.4, -0.2) is 28.9 Å². The number of likely N-dealkylation sites (tertiary alicyclic amines) is 1. The van der Waals surface area contributed by atoms with Gasteiger partial charge in [0, 0.05) is 41.9 Å². The van der Waals surface area contributed by atoms with E-state index in [0.717, 1.165) is 17.0 Å². The highest BCUT2D eigenvalue weighted by atomic mass is 35.5. The summed E-state index contributed by atoms with van der Waals surface area (Å²) in [6.45, 7) is 3.07. The molecule has 0 saturated carbocycles. The number of aromatic amines is 1. The first-order valence-electron chi connectivity index (χ1n) is 7.29. The van der Waals surface area contributed by atoms with Crippen LogP contribution in [0.1, 0.15) is 34.1 Å². The predicted molar refractivity (Wildman–Crippen MR) is 86.5 cm³/mol. The van der Waals surface area contributed by atoms with Crippen molar-refractivity contribution < 1.29 is 4.79 Å². The highest BCUT2D eigenvalue weighted by Gasteiger charge is 2.29. The van der Waals surface area contributed by atoms with Crippen molar-refractivity contribution in [2.45, 2.75) is 19.3 Å². The van der Waals surface area contributed by atoms with Crippen molar-refractivity contribution in [3.8, 4) is 0 Å². The molecule has 5 heteroatoms. The van der Waals surface area contributed by atoms with E-state index in [1.165, 1.54) is 12.1 Å². The molecule has 2 heterocycles. The zero-order valence-corrected chi connectivity index (χ0v) is 13.1. The number of halogens is 1. The number of hydrogen-bond donors (Lipinski definition) is 1. The van der Waals surface area contributed by atoms with E-state index in [2.05, 4.69) is 4.98 Å². The maximum Gasteiger partial charge on any atom is 0.270 e. The summed E-state index contributed by atoms with van der Waals surface area (Å²) in [5.74, 6) is 0.115. The number of aryl methyl sites for hydroxylation is 1. The summed E-state index contributed by atoms with van der Waals surface area (Å²) in [5.41, 5.74) is 1.97. The Labute approximate surface area is 133 Å². The average molecular weight is 317 g/mol. The standard InChI is InChI=1S/C17H17ClN2O2/c1-11-8-13(21)9-16(19-11)17(22)20-7-6-12(10-20)14-4-2-3-5-15(14)18/h2-5,8-9,12H,6-7,10H2,1H3,(H,19,21). The number of hydrogen-bond acceptors (Lipinski definition) is 2. The Balaban J connectivity index is 1.79. The van der Waals surface area contributed by atoms with Crippen LogP contribution in [0.3, 0.4) is 0 Å². The van der Waals surface area contributed by atoms with Gasteiger partial charge in [-0.2, -0.15) is 0 Å². The number of nitrogens with zero attached hydrogens (tertiary/aromatic N) is 1. The van der Waals surface area contributed by atoms with Crippen molar-refractivity contribution in [2.24, 2.45) is 0 Å². The first kappa shape index (κ1) is 14.9. The van der Waals surface area contributed by atoms with Crippen molar-refractivity contribution in [2.75, 3.05) is 13.1 Å². The van der Waals surface area contributed by atoms with Crippen LogP contribution in [0.4, 0.5) is 0 Å². The van der Waals surface area contributed by atoms with E-state index >= 15 is 0 Å². The fraction of sp³-hybridized carbons (Fsp3) is 0.294. The lowest BCUT2D eigenvalue weighted by atomic mass is 9.98. The van der Waals surface area contributed by atoms with Crippen molar-refractivity contribution >= 4 is 17.5 Å². The van der Waals surface area contributed by atoms with Crippen molar-refractivity contribution in [3.63, 3.8) is 0 Å². The Morgan fingerprint density at radius 2 is 2.09 bits per heavy atom. The van der Waals surface area contributed by atoms with Gasteiger partial charge in [-0.3, -0.25) is 9.59 Å². The summed E-state index contributed by atoms with van der Waals surface area (Å²) in [6.07, 6.45) is 0.880. The summed E-state index contributed by atoms with van der Waals surface area (Å²) in [6, 6.07) is 10.6. The molecule has 3 rings (SSSR count). The highest BCUT2D eigenvalue weighted by Crippen LogP contribution is 2.32. The first-order chi connectivity index (χ1) is 10.5. The second-order valence-corrected chi connectivity index (χ2v) is 6.08. The van der Waals surface area contributed by atoms with Gasteiger partial charge in [-0.25, -0.2) is 0 Å². The number of carbonyl (C=O) groups is 1. The molecule has 0 radical (unpaired) electrons. The molecular weight excluding hydrogens is 300 g/mol. The third-order valence-corrected chi connectivity index (χ3v) is 4.37. The summed E-state index contributed by atoms with van der Waals surface area (Å²) in [7, 11) is 0. The third kappa shape index (κ3) is 2.92. The molecule has 1 aliphatic rings. The molecule has 1 amide bonds. The SMILES string of the molecule is Cc1cc(=O)cc(C(=O)N2CCC(c3ccccc3Cl)C2)[nH]1. The molecule has 1 aromatic carbocycles. The van der Waals surface area contributed by atoms with Gasteiger partial charge in [0.2, 0.25) is 0 Å². The van der Waals surface area contributed by atoms with E-state index in [9.17, 15) is 9.59 Å². The molecule has 1 unspecified atom stereocenters. The Hall–Kier alpha value is -2.07. The lowest BCUT2D eigenvalue weighted by Gasteiger charge is -2.17. The Bertz CT molecular complexity index is 769. The summed E-state index contributed by atoms with van der Waals surface area (Å²) in [4.78, 5) is 28.8. The lowest BCUT2D eigenvalue weighted by Crippen LogP contribution is -2.30. The fourth-order valence-corrected chi connectivity index (χ4v) is 3.26. The van der Waals surface area contributed by atoms with Gasteiger partial charge in [0.1, 0.15) is 5.69 Å². The molecule has 1 N–H and O–H groups in total. The summed E-state index contributed by atoms with van der Waals surface area (Å²) >= 11 is 6.24. The molecule has 1 saturated heterocycles. The quantitative estimate of drug-likeness (QED) is 0.926. The molecular formula is C17H17ClN2O2. The molecule has 1 aliphatic heterocycles. The number of nitrogens with one attached hydrogen (secondary N) is 1. The lowest BCUT2D eigenvalue weighted by molar-refractivity contribution is 0.0784. The fourth-order valence-electron chi connectivity index (χ4n) is 2.97. The normalized spacial score (nSPS) is 17.7. The minimum atomic E-state index is -0.151. The monoisotopic (exact) mass is 316 g/mol. The van der Waals surface area contributed by atoms with E-state index in [-0.39, 0.29) is 17.3 Å². The number of amides is 1. The largest absolute Gasteiger partial charge is 0.354 e. The van der Waals surface area contributed by atoms with Crippen LogP contribution in [-0.2, 0) is 0 Å². The Morgan fingerprint density at radius 3 is 2.82 bits per heavy atom. The second kappa shape index (κ2) is 5.97. The molecule has 114 valence electrons. The van der Waals surface area contributed by atoms with E-state index in [0.29, 0.717) is 24.5 Å². The number of H-pyrrole nitrogens is 1. The smallest absolute Gasteiger partial charge is 0.270 e. The van der Waals surface area contributed by atoms with Gasteiger partial charge < -0.3 is 9.88 Å². The number of pyridine rings is 1. The minimum absolute atomic E-state index is 0.129. The molecule has 0 aliphatic carbocycles. The van der Waals surface area contributed by atoms with Gasteiger partial charge in [0.05, 0.1) is 0 Å². The molecule has 0 bridgehead atoms. The maximum atomic E-state index is 12.5. The van der Waals surface area contributed by atoms with Gasteiger partial charge in [0.25, 0.3) is 5.91 Å². The van der Waals surface area contributed by atoms with Crippen molar-refractivity contribution in [1.82, 2.24) is 9.88 Å². The van der Waals surface area contributed by atoms with Crippen LogP contribution < -0.4 is 5.43 Å². The number of aromatic nitrogens is 1. The summed E-state index contributed by atoms with van der Waals surface area (Å²) in [5, 5.41) is 0.741. The zero-order valence-electron chi connectivity index (χ0n) is 12.3. The molecule has 1 aromatic heterocycles. The van der Waals surface area contributed by atoms with Gasteiger partial charge in [-0.1, -0.05) is 29.8 Å². The number of rotatable bonds is 2. The minimum Gasteiger partial charge on any atom is -0.354 e. The van der Waals surface area contributed by atoms with Gasteiger partial charge in [-0.15, -0.1) is 0 Å². The summed E-state index contributed by atoms with van der Waals surface area (Å²) < 4.78 is 0. The number of benzene rings is 1. The van der Waals surface area contributed by atoms with Crippen LogP contribution in [0, 0.1) is 6.92 Å². The number of carbonyl (C=O) groups excluding carboxylic acids is 1. The zero-order chi connectivity index (χ0) is 15.7. The molecule has 2 aromatic rings. The highest BCUT2D eigenvalue weighted by molar-refractivity contribution is 6.31. The first-order valence-corrected chi connectivity index (χ1v) is 7.67.